The average molecular weight is 277 g/mol. The molecule has 1 rings (SSSR count). The van der Waals surface area contributed by atoms with Crippen LogP contribution in [0.4, 0.5) is 0 Å². The van der Waals surface area contributed by atoms with Crippen LogP contribution in [0, 0.1) is 0 Å². The lowest BCUT2D eigenvalue weighted by Crippen LogP contribution is -2.32. The summed E-state index contributed by atoms with van der Waals surface area (Å²) in [5.74, 6) is 1.06. The van der Waals surface area contributed by atoms with Crippen LogP contribution in [0.2, 0.25) is 0 Å². The molecule has 0 aromatic heterocycles. The highest BCUT2D eigenvalue weighted by molar-refractivity contribution is 6.18. The Morgan fingerprint density at radius 2 is 1.95 bits per heavy atom. The molecule has 0 radical (unpaired) electrons. The SMILES string of the molecule is C=C(C(=O)NC(C)CCC)c1ccc(OC)c(OC)c1. The summed E-state index contributed by atoms with van der Waals surface area (Å²) < 4.78 is 10.4. The third-order valence-corrected chi connectivity index (χ3v) is 3.11. The number of hydrogen-bond donors (Lipinski definition) is 1. The lowest BCUT2D eigenvalue weighted by molar-refractivity contribution is -0.116. The van der Waals surface area contributed by atoms with Crippen molar-refractivity contribution < 1.29 is 14.3 Å². The first kappa shape index (κ1) is 16.1. The molecule has 0 spiro atoms. The van der Waals surface area contributed by atoms with Crippen LogP contribution in [0.1, 0.15) is 32.3 Å². The van der Waals surface area contributed by atoms with Crippen molar-refractivity contribution in [1.29, 1.82) is 0 Å². The molecule has 0 saturated heterocycles. The number of benzene rings is 1. The summed E-state index contributed by atoms with van der Waals surface area (Å²) in [5.41, 5.74) is 1.15. The monoisotopic (exact) mass is 277 g/mol. The summed E-state index contributed by atoms with van der Waals surface area (Å²) in [6, 6.07) is 5.46. The van der Waals surface area contributed by atoms with Crippen LogP contribution < -0.4 is 14.8 Å². The molecule has 1 atom stereocenters. The number of hydrogen-bond acceptors (Lipinski definition) is 3. The van der Waals surface area contributed by atoms with Gasteiger partial charge in [0.2, 0.25) is 0 Å². The predicted molar refractivity (Wildman–Crippen MR) is 81.1 cm³/mol. The van der Waals surface area contributed by atoms with Crippen molar-refractivity contribution >= 4 is 11.5 Å². The minimum atomic E-state index is -0.154. The van der Waals surface area contributed by atoms with Crippen LogP contribution in [-0.4, -0.2) is 26.2 Å². The molecule has 0 heterocycles. The molecule has 1 N–H and O–H groups in total. The summed E-state index contributed by atoms with van der Waals surface area (Å²) >= 11 is 0. The third-order valence-electron chi connectivity index (χ3n) is 3.11. The maximum atomic E-state index is 12.1. The number of carbonyl (C=O) groups excluding carboxylic acids is 1. The van der Waals surface area contributed by atoms with E-state index in [4.69, 9.17) is 9.47 Å². The van der Waals surface area contributed by atoms with Crippen molar-refractivity contribution in [1.82, 2.24) is 5.32 Å². The molecular formula is C16H23NO3. The van der Waals surface area contributed by atoms with Gasteiger partial charge in [-0.05, 0) is 31.0 Å². The van der Waals surface area contributed by atoms with Crippen LogP contribution in [0.25, 0.3) is 5.57 Å². The second-order valence-corrected chi connectivity index (χ2v) is 4.71. The van der Waals surface area contributed by atoms with Gasteiger partial charge >= 0.3 is 0 Å². The molecule has 1 aromatic rings. The topological polar surface area (TPSA) is 47.6 Å². The van der Waals surface area contributed by atoms with E-state index in [0.717, 1.165) is 18.4 Å². The molecule has 1 unspecified atom stereocenters. The Morgan fingerprint density at radius 3 is 2.50 bits per heavy atom. The minimum absolute atomic E-state index is 0.143. The van der Waals surface area contributed by atoms with E-state index in [2.05, 4.69) is 18.8 Å². The Kier molecular flexibility index (Phi) is 6.10. The Morgan fingerprint density at radius 1 is 1.30 bits per heavy atom. The second kappa shape index (κ2) is 7.58. The van der Waals surface area contributed by atoms with Gasteiger partial charge < -0.3 is 14.8 Å². The summed E-state index contributed by atoms with van der Waals surface area (Å²) in [6.07, 6.45) is 1.98. The molecule has 4 nitrogen and oxygen atoms in total. The number of methoxy groups -OCH3 is 2. The van der Waals surface area contributed by atoms with E-state index in [1.54, 1.807) is 32.4 Å². The number of ether oxygens (including phenoxy) is 2. The van der Waals surface area contributed by atoms with Crippen LogP contribution in [-0.2, 0) is 4.79 Å². The predicted octanol–water partition coefficient (Wildman–Crippen LogP) is 3.02. The lowest BCUT2D eigenvalue weighted by atomic mass is 10.1. The van der Waals surface area contributed by atoms with Gasteiger partial charge in [0.1, 0.15) is 0 Å². The van der Waals surface area contributed by atoms with Gasteiger partial charge in [-0.1, -0.05) is 26.0 Å². The summed E-state index contributed by atoms with van der Waals surface area (Å²) in [5, 5.41) is 2.93. The molecule has 0 bridgehead atoms. The largest absolute Gasteiger partial charge is 0.493 e. The third kappa shape index (κ3) is 4.02. The van der Waals surface area contributed by atoms with Crippen LogP contribution in [0.5, 0.6) is 11.5 Å². The molecule has 0 aliphatic heterocycles. The van der Waals surface area contributed by atoms with Gasteiger partial charge in [0.05, 0.1) is 14.2 Å². The van der Waals surface area contributed by atoms with Crippen molar-refractivity contribution in [3.05, 3.63) is 30.3 Å². The molecule has 20 heavy (non-hydrogen) atoms. The van der Waals surface area contributed by atoms with E-state index in [1.165, 1.54) is 0 Å². The van der Waals surface area contributed by atoms with E-state index in [9.17, 15) is 4.79 Å². The van der Waals surface area contributed by atoms with E-state index in [-0.39, 0.29) is 11.9 Å². The van der Waals surface area contributed by atoms with Crippen LogP contribution in [0.15, 0.2) is 24.8 Å². The van der Waals surface area contributed by atoms with Gasteiger partial charge in [-0.3, -0.25) is 4.79 Å². The zero-order valence-electron chi connectivity index (χ0n) is 12.7. The fraction of sp³-hybridized carbons (Fsp3) is 0.438. The van der Waals surface area contributed by atoms with Gasteiger partial charge in [0.15, 0.2) is 11.5 Å². The van der Waals surface area contributed by atoms with E-state index in [0.29, 0.717) is 17.1 Å². The lowest BCUT2D eigenvalue weighted by Gasteiger charge is -2.15. The number of nitrogens with one attached hydrogen (secondary N) is 1. The normalized spacial score (nSPS) is 11.6. The van der Waals surface area contributed by atoms with E-state index in [1.807, 2.05) is 6.92 Å². The fourth-order valence-electron chi connectivity index (χ4n) is 1.97. The van der Waals surface area contributed by atoms with Crippen LogP contribution >= 0.6 is 0 Å². The highest BCUT2D eigenvalue weighted by Crippen LogP contribution is 2.29. The molecular weight excluding hydrogens is 254 g/mol. The summed E-state index contributed by atoms with van der Waals surface area (Å²) in [7, 11) is 3.14. The standard InChI is InChI=1S/C16H23NO3/c1-6-7-11(2)17-16(18)12(3)13-8-9-14(19-4)15(10-13)20-5/h8-11H,3,6-7H2,1-2,4-5H3,(H,17,18). The second-order valence-electron chi connectivity index (χ2n) is 4.71. The highest BCUT2D eigenvalue weighted by Gasteiger charge is 2.14. The van der Waals surface area contributed by atoms with Gasteiger partial charge in [0, 0.05) is 11.6 Å². The fourth-order valence-corrected chi connectivity index (χ4v) is 1.97. The maximum Gasteiger partial charge on any atom is 0.251 e. The minimum Gasteiger partial charge on any atom is -0.493 e. The van der Waals surface area contributed by atoms with Gasteiger partial charge in [-0.2, -0.15) is 0 Å². The van der Waals surface area contributed by atoms with Crippen molar-refractivity contribution in [3.8, 4) is 11.5 Å². The van der Waals surface area contributed by atoms with E-state index < -0.39 is 0 Å². The smallest absolute Gasteiger partial charge is 0.251 e. The zero-order valence-corrected chi connectivity index (χ0v) is 12.7. The molecule has 1 amide bonds. The molecule has 110 valence electrons. The van der Waals surface area contributed by atoms with Crippen molar-refractivity contribution in [3.63, 3.8) is 0 Å². The van der Waals surface area contributed by atoms with Crippen molar-refractivity contribution in [2.75, 3.05) is 14.2 Å². The first-order chi connectivity index (χ1) is 9.53. The quantitative estimate of drug-likeness (QED) is 0.779. The van der Waals surface area contributed by atoms with E-state index >= 15 is 0 Å². The Bertz CT molecular complexity index is 483. The zero-order chi connectivity index (χ0) is 15.1. The number of amides is 1. The van der Waals surface area contributed by atoms with Crippen molar-refractivity contribution in [2.45, 2.75) is 32.7 Å². The highest BCUT2D eigenvalue weighted by atomic mass is 16.5. The number of carbonyl (C=O) groups is 1. The van der Waals surface area contributed by atoms with Gasteiger partial charge in [-0.15, -0.1) is 0 Å². The Labute approximate surface area is 120 Å². The first-order valence-electron chi connectivity index (χ1n) is 6.75. The van der Waals surface area contributed by atoms with Crippen LogP contribution in [0.3, 0.4) is 0 Å². The molecule has 0 aliphatic rings. The molecule has 1 aromatic carbocycles. The number of rotatable bonds is 7. The molecule has 4 heteroatoms. The first-order valence-corrected chi connectivity index (χ1v) is 6.75. The van der Waals surface area contributed by atoms with Gasteiger partial charge in [-0.25, -0.2) is 0 Å². The summed E-state index contributed by atoms with van der Waals surface area (Å²) in [6.45, 7) is 7.94. The van der Waals surface area contributed by atoms with Crippen molar-refractivity contribution in [2.24, 2.45) is 0 Å². The molecule has 0 aliphatic carbocycles. The average Bonchev–Trinajstić information content (AvgIpc) is 2.45. The summed E-state index contributed by atoms with van der Waals surface area (Å²) in [4.78, 5) is 12.1. The Balaban J connectivity index is 2.84. The van der Waals surface area contributed by atoms with Gasteiger partial charge in [0.25, 0.3) is 5.91 Å². The Hall–Kier alpha value is -1.97. The molecule has 0 fully saturated rings. The maximum absolute atomic E-state index is 12.1. The molecule has 0 saturated carbocycles.